The molecule has 0 saturated heterocycles. The van der Waals surface area contributed by atoms with Crippen molar-refractivity contribution in [2.45, 2.75) is 19.8 Å². The highest BCUT2D eigenvalue weighted by Crippen LogP contribution is 2.40. The van der Waals surface area contributed by atoms with Gasteiger partial charge in [0.2, 0.25) is 5.91 Å². The highest BCUT2D eigenvalue weighted by atomic mass is 32.1. The van der Waals surface area contributed by atoms with E-state index in [-0.39, 0.29) is 12.5 Å². The molecule has 0 saturated carbocycles. The standard InChI is InChI=1S/C24H24N2O3S/c1-16-21(18-10-4-3-5-11-18)22(24(28)29-2)23(30-16)25-20(27)15-26-14-8-12-17-9-6-7-13-19(17)26/h3-7,9-11,13H,8,12,14-15H2,1-2H3,(H,25,27). The number of anilines is 2. The average molecular weight is 421 g/mol. The molecule has 1 amide bonds. The van der Waals surface area contributed by atoms with Gasteiger partial charge in [0.05, 0.1) is 13.7 Å². The molecule has 1 N–H and O–H groups in total. The van der Waals surface area contributed by atoms with E-state index in [4.69, 9.17) is 4.74 Å². The Bertz CT molecular complexity index is 1080. The van der Waals surface area contributed by atoms with Gasteiger partial charge in [-0.3, -0.25) is 4.79 Å². The Morgan fingerprint density at radius 2 is 1.83 bits per heavy atom. The molecule has 6 heteroatoms. The van der Waals surface area contributed by atoms with Crippen LogP contribution < -0.4 is 10.2 Å². The lowest BCUT2D eigenvalue weighted by Gasteiger charge is -2.30. The maximum absolute atomic E-state index is 12.9. The third-order valence-electron chi connectivity index (χ3n) is 5.33. The van der Waals surface area contributed by atoms with Crippen molar-refractivity contribution in [3.8, 4) is 11.1 Å². The molecule has 1 aromatic heterocycles. The van der Waals surface area contributed by atoms with Crippen molar-refractivity contribution in [1.29, 1.82) is 0 Å². The SMILES string of the molecule is COC(=O)c1c(NC(=O)CN2CCCc3ccccc32)sc(C)c1-c1ccccc1. The summed E-state index contributed by atoms with van der Waals surface area (Å²) >= 11 is 1.40. The van der Waals surface area contributed by atoms with Gasteiger partial charge in [0.15, 0.2) is 0 Å². The number of hydrogen-bond donors (Lipinski definition) is 1. The summed E-state index contributed by atoms with van der Waals surface area (Å²) in [5.74, 6) is -0.588. The van der Waals surface area contributed by atoms with E-state index in [2.05, 4.69) is 22.3 Å². The zero-order chi connectivity index (χ0) is 21.1. The molecule has 1 aliphatic heterocycles. The van der Waals surface area contributed by atoms with Gasteiger partial charge in [0.25, 0.3) is 0 Å². The minimum atomic E-state index is -0.447. The number of methoxy groups -OCH3 is 1. The number of ether oxygens (including phenoxy) is 1. The number of carbonyl (C=O) groups is 2. The van der Waals surface area contributed by atoms with E-state index in [9.17, 15) is 9.59 Å². The van der Waals surface area contributed by atoms with Crippen LogP contribution in [0.1, 0.15) is 27.2 Å². The third kappa shape index (κ3) is 3.96. The van der Waals surface area contributed by atoms with E-state index in [1.54, 1.807) is 0 Å². The van der Waals surface area contributed by atoms with Crippen molar-refractivity contribution < 1.29 is 14.3 Å². The Labute approximate surface area is 180 Å². The minimum Gasteiger partial charge on any atom is -0.465 e. The van der Waals surface area contributed by atoms with Crippen LogP contribution in [0.4, 0.5) is 10.7 Å². The number of rotatable bonds is 5. The Morgan fingerprint density at radius 3 is 2.60 bits per heavy atom. The van der Waals surface area contributed by atoms with E-state index >= 15 is 0 Å². The molecule has 5 nitrogen and oxygen atoms in total. The van der Waals surface area contributed by atoms with Gasteiger partial charge in [-0.25, -0.2) is 4.79 Å². The number of esters is 1. The van der Waals surface area contributed by atoms with Crippen LogP contribution in [0.15, 0.2) is 54.6 Å². The fraction of sp³-hybridized carbons (Fsp3) is 0.250. The number of fused-ring (bicyclic) bond motifs is 1. The Hall–Kier alpha value is -3.12. The van der Waals surface area contributed by atoms with E-state index in [1.807, 2.05) is 49.4 Å². The molecule has 0 aliphatic carbocycles. The van der Waals surface area contributed by atoms with Crippen LogP contribution in [0.25, 0.3) is 11.1 Å². The molecule has 2 aromatic carbocycles. The molecule has 1 aliphatic rings. The van der Waals surface area contributed by atoms with Crippen LogP contribution >= 0.6 is 11.3 Å². The summed E-state index contributed by atoms with van der Waals surface area (Å²) in [5, 5.41) is 3.51. The van der Waals surface area contributed by atoms with Crippen molar-refractivity contribution >= 4 is 33.9 Å². The zero-order valence-electron chi connectivity index (χ0n) is 17.1. The second-order valence-corrected chi connectivity index (χ2v) is 8.52. The van der Waals surface area contributed by atoms with Gasteiger partial charge in [-0.1, -0.05) is 48.5 Å². The van der Waals surface area contributed by atoms with Gasteiger partial charge in [-0.2, -0.15) is 0 Å². The zero-order valence-corrected chi connectivity index (χ0v) is 17.9. The highest BCUT2D eigenvalue weighted by Gasteiger charge is 2.26. The molecule has 2 heterocycles. The Kier molecular flexibility index (Phi) is 5.86. The van der Waals surface area contributed by atoms with E-state index in [1.165, 1.54) is 24.0 Å². The Balaban J connectivity index is 1.61. The number of aryl methyl sites for hydroxylation is 2. The fourth-order valence-electron chi connectivity index (χ4n) is 4.00. The second kappa shape index (κ2) is 8.71. The molecule has 0 atom stereocenters. The largest absolute Gasteiger partial charge is 0.465 e. The number of hydrogen-bond acceptors (Lipinski definition) is 5. The van der Waals surface area contributed by atoms with Crippen molar-refractivity contribution in [1.82, 2.24) is 0 Å². The number of carbonyl (C=O) groups excluding carboxylic acids is 2. The van der Waals surface area contributed by atoms with Crippen molar-refractivity contribution in [2.75, 3.05) is 30.4 Å². The summed E-state index contributed by atoms with van der Waals surface area (Å²) in [7, 11) is 1.36. The first kappa shape index (κ1) is 20.2. The summed E-state index contributed by atoms with van der Waals surface area (Å²) in [5.41, 5.74) is 4.53. The summed E-state index contributed by atoms with van der Waals surface area (Å²) in [6.07, 6.45) is 2.05. The number of para-hydroxylation sites is 1. The molecule has 0 bridgehead atoms. The van der Waals surface area contributed by atoms with Crippen LogP contribution in [-0.4, -0.2) is 32.1 Å². The summed E-state index contributed by atoms with van der Waals surface area (Å²) in [4.78, 5) is 28.6. The molecular weight excluding hydrogens is 396 g/mol. The molecule has 0 spiro atoms. The normalized spacial score (nSPS) is 12.9. The van der Waals surface area contributed by atoms with Gasteiger partial charge in [-0.05, 0) is 37.0 Å². The predicted octanol–water partition coefficient (Wildman–Crippen LogP) is 4.90. The van der Waals surface area contributed by atoms with Crippen molar-refractivity contribution in [3.63, 3.8) is 0 Å². The second-order valence-electron chi connectivity index (χ2n) is 7.30. The molecule has 0 fully saturated rings. The lowest BCUT2D eigenvalue weighted by molar-refractivity contribution is -0.115. The quantitative estimate of drug-likeness (QED) is 0.597. The smallest absolute Gasteiger partial charge is 0.341 e. The van der Waals surface area contributed by atoms with Crippen LogP contribution in [0.3, 0.4) is 0 Å². The van der Waals surface area contributed by atoms with Gasteiger partial charge < -0.3 is 15.0 Å². The lowest BCUT2D eigenvalue weighted by atomic mass is 10.0. The van der Waals surface area contributed by atoms with Gasteiger partial charge in [0, 0.05) is 22.7 Å². The van der Waals surface area contributed by atoms with Crippen LogP contribution in [0.5, 0.6) is 0 Å². The van der Waals surface area contributed by atoms with Crippen LogP contribution in [0.2, 0.25) is 0 Å². The van der Waals surface area contributed by atoms with Gasteiger partial charge >= 0.3 is 5.97 Å². The first-order valence-electron chi connectivity index (χ1n) is 9.98. The van der Waals surface area contributed by atoms with E-state index in [0.29, 0.717) is 10.6 Å². The molecule has 4 rings (SSSR count). The number of nitrogens with one attached hydrogen (secondary N) is 1. The maximum Gasteiger partial charge on any atom is 0.341 e. The number of nitrogens with zero attached hydrogens (tertiary/aromatic N) is 1. The number of benzene rings is 2. The molecule has 0 radical (unpaired) electrons. The maximum atomic E-state index is 12.9. The minimum absolute atomic E-state index is 0.141. The summed E-state index contributed by atoms with van der Waals surface area (Å²) in [6, 6.07) is 17.9. The van der Waals surface area contributed by atoms with Crippen molar-refractivity contribution in [2.24, 2.45) is 0 Å². The first-order chi connectivity index (χ1) is 14.6. The number of thiophene rings is 1. The summed E-state index contributed by atoms with van der Waals surface area (Å²) in [6.45, 7) is 3.04. The highest BCUT2D eigenvalue weighted by molar-refractivity contribution is 7.17. The lowest BCUT2D eigenvalue weighted by Crippen LogP contribution is -2.36. The molecular formula is C24H24N2O3S. The molecule has 3 aromatic rings. The predicted molar refractivity (Wildman–Crippen MR) is 121 cm³/mol. The van der Waals surface area contributed by atoms with Crippen LogP contribution in [-0.2, 0) is 16.0 Å². The molecule has 154 valence electrons. The monoisotopic (exact) mass is 420 g/mol. The third-order valence-corrected chi connectivity index (χ3v) is 6.35. The number of amides is 1. The Morgan fingerprint density at radius 1 is 1.10 bits per heavy atom. The molecule has 0 unspecified atom stereocenters. The fourth-order valence-corrected chi connectivity index (χ4v) is 5.08. The average Bonchev–Trinajstić information content (AvgIpc) is 3.09. The topological polar surface area (TPSA) is 58.6 Å². The van der Waals surface area contributed by atoms with E-state index < -0.39 is 5.97 Å². The van der Waals surface area contributed by atoms with Crippen molar-refractivity contribution in [3.05, 3.63) is 70.6 Å². The van der Waals surface area contributed by atoms with Gasteiger partial charge in [0.1, 0.15) is 10.6 Å². The van der Waals surface area contributed by atoms with Gasteiger partial charge in [-0.15, -0.1) is 11.3 Å². The van der Waals surface area contributed by atoms with Crippen LogP contribution in [0, 0.1) is 6.92 Å². The first-order valence-corrected chi connectivity index (χ1v) is 10.8. The van der Waals surface area contributed by atoms with E-state index in [0.717, 1.165) is 41.1 Å². The molecule has 30 heavy (non-hydrogen) atoms. The summed E-state index contributed by atoms with van der Waals surface area (Å²) < 4.78 is 5.04.